The third kappa shape index (κ3) is 1.80. The van der Waals surface area contributed by atoms with Crippen molar-refractivity contribution in [3.05, 3.63) is 41.5 Å². The minimum absolute atomic E-state index is 0.126. The van der Waals surface area contributed by atoms with E-state index in [4.69, 9.17) is 0 Å². The van der Waals surface area contributed by atoms with Gasteiger partial charge in [-0.15, -0.1) is 5.10 Å². The SMILES string of the molecule is Cc1ccncc1C(=O)c1cn(C2CNC2)nn1. The van der Waals surface area contributed by atoms with E-state index in [1.807, 2.05) is 13.0 Å². The summed E-state index contributed by atoms with van der Waals surface area (Å²) >= 11 is 0. The fourth-order valence-corrected chi connectivity index (χ4v) is 1.86. The summed E-state index contributed by atoms with van der Waals surface area (Å²) in [5.74, 6) is -0.126. The number of hydrogen-bond acceptors (Lipinski definition) is 5. The van der Waals surface area contributed by atoms with Gasteiger partial charge in [-0.05, 0) is 18.6 Å². The molecule has 18 heavy (non-hydrogen) atoms. The first-order valence-corrected chi connectivity index (χ1v) is 5.83. The molecule has 0 radical (unpaired) electrons. The molecule has 6 heteroatoms. The van der Waals surface area contributed by atoms with Gasteiger partial charge < -0.3 is 5.32 Å². The number of carbonyl (C=O) groups excluding carboxylic acids is 1. The number of carbonyl (C=O) groups is 1. The van der Waals surface area contributed by atoms with Crippen molar-refractivity contribution in [1.29, 1.82) is 0 Å². The molecule has 1 aliphatic rings. The van der Waals surface area contributed by atoms with Gasteiger partial charge in [0.25, 0.3) is 0 Å². The van der Waals surface area contributed by atoms with Crippen LogP contribution < -0.4 is 5.32 Å². The normalized spacial score (nSPS) is 15.4. The van der Waals surface area contributed by atoms with Gasteiger partial charge in [0.05, 0.1) is 12.2 Å². The molecule has 6 nitrogen and oxygen atoms in total. The highest BCUT2D eigenvalue weighted by Crippen LogP contribution is 2.14. The molecule has 92 valence electrons. The summed E-state index contributed by atoms with van der Waals surface area (Å²) in [6, 6.07) is 2.13. The van der Waals surface area contributed by atoms with Crippen LogP contribution in [-0.4, -0.2) is 38.9 Å². The van der Waals surface area contributed by atoms with Crippen LogP contribution in [0.5, 0.6) is 0 Å². The van der Waals surface area contributed by atoms with Gasteiger partial charge >= 0.3 is 0 Å². The summed E-state index contributed by atoms with van der Waals surface area (Å²) < 4.78 is 1.75. The molecule has 0 aliphatic carbocycles. The monoisotopic (exact) mass is 243 g/mol. The van der Waals surface area contributed by atoms with E-state index < -0.39 is 0 Å². The van der Waals surface area contributed by atoms with Gasteiger partial charge in [0, 0.05) is 31.0 Å². The first-order valence-electron chi connectivity index (χ1n) is 5.83. The second kappa shape index (κ2) is 4.30. The number of ketones is 1. The molecule has 2 aromatic rings. The zero-order valence-electron chi connectivity index (χ0n) is 10.00. The first kappa shape index (κ1) is 11.0. The molecule has 0 amide bonds. The number of hydrogen-bond donors (Lipinski definition) is 1. The van der Waals surface area contributed by atoms with Crippen molar-refractivity contribution >= 4 is 5.78 Å². The Morgan fingerprint density at radius 3 is 3.00 bits per heavy atom. The van der Waals surface area contributed by atoms with Crippen LogP contribution in [0.1, 0.15) is 27.7 Å². The number of nitrogens with one attached hydrogen (secondary N) is 1. The van der Waals surface area contributed by atoms with Gasteiger partial charge in [0.15, 0.2) is 5.69 Å². The second-order valence-electron chi connectivity index (χ2n) is 4.42. The maximum absolute atomic E-state index is 12.2. The van der Waals surface area contributed by atoms with Crippen LogP contribution >= 0.6 is 0 Å². The number of pyridine rings is 1. The molecule has 1 saturated heterocycles. The molecule has 0 unspecified atom stereocenters. The lowest BCUT2D eigenvalue weighted by molar-refractivity contribution is 0.103. The Labute approximate surface area is 104 Å². The number of nitrogens with zero attached hydrogens (tertiary/aromatic N) is 4. The van der Waals surface area contributed by atoms with Crippen LogP contribution in [0.4, 0.5) is 0 Å². The predicted octanol–water partition coefficient (Wildman–Crippen LogP) is 0.357. The van der Waals surface area contributed by atoms with E-state index in [1.165, 1.54) is 0 Å². The molecular weight excluding hydrogens is 230 g/mol. The topological polar surface area (TPSA) is 72.7 Å². The number of aryl methyl sites for hydroxylation is 1. The van der Waals surface area contributed by atoms with Crippen molar-refractivity contribution in [2.75, 3.05) is 13.1 Å². The van der Waals surface area contributed by atoms with Crippen LogP contribution in [0.2, 0.25) is 0 Å². The molecule has 2 aromatic heterocycles. The van der Waals surface area contributed by atoms with Crippen LogP contribution in [-0.2, 0) is 0 Å². The Hall–Kier alpha value is -2.08. The lowest BCUT2D eigenvalue weighted by atomic mass is 10.1. The van der Waals surface area contributed by atoms with Crippen molar-refractivity contribution in [2.45, 2.75) is 13.0 Å². The van der Waals surface area contributed by atoms with Crippen molar-refractivity contribution in [3.8, 4) is 0 Å². The standard InChI is InChI=1S/C12H13N5O/c1-8-2-3-13-6-10(8)12(18)11-7-17(16-15-11)9-4-14-5-9/h2-3,6-7,9,14H,4-5H2,1H3. The van der Waals surface area contributed by atoms with Crippen molar-refractivity contribution in [3.63, 3.8) is 0 Å². The van der Waals surface area contributed by atoms with E-state index in [2.05, 4.69) is 20.6 Å². The van der Waals surface area contributed by atoms with E-state index in [0.717, 1.165) is 18.7 Å². The van der Waals surface area contributed by atoms with E-state index in [0.29, 0.717) is 17.3 Å². The first-order chi connectivity index (χ1) is 8.75. The molecule has 0 atom stereocenters. The zero-order valence-corrected chi connectivity index (χ0v) is 10.00. The Kier molecular flexibility index (Phi) is 2.64. The van der Waals surface area contributed by atoms with E-state index in [1.54, 1.807) is 23.3 Å². The second-order valence-corrected chi connectivity index (χ2v) is 4.42. The van der Waals surface area contributed by atoms with Gasteiger partial charge in [0.1, 0.15) is 0 Å². The van der Waals surface area contributed by atoms with Crippen LogP contribution in [0.25, 0.3) is 0 Å². The molecule has 1 fully saturated rings. The fourth-order valence-electron chi connectivity index (χ4n) is 1.86. The Morgan fingerprint density at radius 1 is 1.50 bits per heavy atom. The van der Waals surface area contributed by atoms with Gasteiger partial charge in [-0.2, -0.15) is 0 Å². The molecule has 3 heterocycles. The minimum Gasteiger partial charge on any atom is -0.312 e. The van der Waals surface area contributed by atoms with Crippen molar-refractivity contribution in [1.82, 2.24) is 25.3 Å². The molecule has 0 saturated carbocycles. The molecular formula is C12H13N5O. The molecule has 0 aromatic carbocycles. The Morgan fingerprint density at radius 2 is 2.33 bits per heavy atom. The van der Waals surface area contributed by atoms with Gasteiger partial charge in [0.2, 0.25) is 5.78 Å². The third-order valence-corrected chi connectivity index (χ3v) is 3.16. The lowest BCUT2D eigenvalue weighted by Crippen LogP contribution is -2.43. The summed E-state index contributed by atoms with van der Waals surface area (Å²) in [5, 5.41) is 11.1. The van der Waals surface area contributed by atoms with Crippen LogP contribution in [0.3, 0.4) is 0 Å². The fraction of sp³-hybridized carbons (Fsp3) is 0.333. The molecule has 0 bridgehead atoms. The maximum Gasteiger partial charge on any atom is 0.216 e. The highest BCUT2D eigenvalue weighted by molar-refractivity contribution is 6.08. The zero-order chi connectivity index (χ0) is 12.5. The van der Waals surface area contributed by atoms with Crippen molar-refractivity contribution < 1.29 is 4.79 Å². The van der Waals surface area contributed by atoms with Crippen LogP contribution in [0, 0.1) is 6.92 Å². The minimum atomic E-state index is -0.126. The Bertz CT molecular complexity index is 588. The van der Waals surface area contributed by atoms with Gasteiger partial charge in [-0.1, -0.05) is 5.21 Å². The number of rotatable bonds is 3. The summed E-state index contributed by atoms with van der Waals surface area (Å²) in [4.78, 5) is 16.2. The Balaban J connectivity index is 1.88. The van der Waals surface area contributed by atoms with E-state index >= 15 is 0 Å². The summed E-state index contributed by atoms with van der Waals surface area (Å²) in [7, 11) is 0. The summed E-state index contributed by atoms with van der Waals surface area (Å²) in [6.07, 6.45) is 4.95. The van der Waals surface area contributed by atoms with Crippen molar-refractivity contribution in [2.24, 2.45) is 0 Å². The summed E-state index contributed by atoms with van der Waals surface area (Å²) in [5.41, 5.74) is 1.85. The lowest BCUT2D eigenvalue weighted by Gasteiger charge is -2.26. The summed E-state index contributed by atoms with van der Waals surface area (Å²) in [6.45, 7) is 3.64. The molecule has 1 N–H and O–H groups in total. The smallest absolute Gasteiger partial charge is 0.216 e. The predicted molar refractivity (Wildman–Crippen MR) is 64.3 cm³/mol. The van der Waals surface area contributed by atoms with E-state index in [-0.39, 0.29) is 5.78 Å². The highest BCUT2D eigenvalue weighted by Gasteiger charge is 2.22. The van der Waals surface area contributed by atoms with Crippen LogP contribution in [0.15, 0.2) is 24.7 Å². The largest absolute Gasteiger partial charge is 0.312 e. The third-order valence-electron chi connectivity index (χ3n) is 3.16. The molecule has 0 spiro atoms. The average molecular weight is 243 g/mol. The molecule has 3 rings (SSSR count). The van der Waals surface area contributed by atoms with Gasteiger partial charge in [-0.3, -0.25) is 9.78 Å². The average Bonchev–Trinajstić information content (AvgIpc) is 2.76. The maximum atomic E-state index is 12.2. The quantitative estimate of drug-likeness (QED) is 0.788. The van der Waals surface area contributed by atoms with Gasteiger partial charge in [-0.25, -0.2) is 4.68 Å². The molecule has 1 aliphatic heterocycles. The highest BCUT2D eigenvalue weighted by atomic mass is 16.1. The van der Waals surface area contributed by atoms with E-state index in [9.17, 15) is 4.79 Å². The number of aromatic nitrogens is 4.